The summed E-state index contributed by atoms with van der Waals surface area (Å²) in [6.45, 7) is 51.3. The molecule has 5 heterocycles. The second kappa shape index (κ2) is 38.0. The van der Waals surface area contributed by atoms with Gasteiger partial charge in [0.15, 0.2) is 8.46 Å². The number of hydrogen-bond donors (Lipinski definition) is 3. The fourth-order valence-electron chi connectivity index (χ4n) is 13.6. The van der Waals surface area contributed by atoms with Crippen LogP contribution in [0.2, 0.25) is 0 Å². The number of ether oxygens (including phenoxy) is 1. The van der Waals surface area contributed by atoms with Gasteiger partial charge < -0.3 is 19.9 Å². The molecule has 1 aromatic carbocycles. The van der Waals surface area contributed by atoms with Crippen LogP contribution in [0.5, 0.6) is 0 Å². The Morgan fingerprint density at radius 1 is 0.899 bits per heavy atom. The first-order valence-corrected chi connectivity index (χ1v) is 37.8. The summed E-state index contributed by atoms with van der Waals surface area (Å²) in [6.07, 6.45) is 17.9. The molecule has 3 atom stereocenters. The van der Waals surface area contributed by atoms with Crippen LogP contribution in [0.15, 0.2) is 30.5 Å². The third-order valence-electron chi connectivity index (χ3n) is 18.9. The minimum Gasteiger partial charge on any atom is -0.380 e. The van der Waals surface area contributed by atoms with Crippen LogP contribution < -0.4 is 26.0 Å². The zero-order chi connectivity index (χ0) is 66.1. The lowest BCUT2D eigenvalue weighted by Gasteiger charge is -2.46. The van der Waals surface area contributed by atoms with Crippen LogP contribution in [-0.2, 0) is 28.9 Å². The van der Waals surface area contributed by atoms with Gasteiger partial charge in [-0.25, -0.2) is 18.1 Å². The zero-order valence-electron chi connectivity index (χ0n) is 59.4. The average molecular weight is 1280 g/mol. The summed E-state index contributed by atoms with van der Waals surface area (Å²) in [7, 11) is -3.07. The number of sulfonamides is 1. The van der Waals surface area contributed by atoms with Gasteiger partial charge in [0.05, 0.1) is 43.1 Å². The number of pyridine rings is 1. The molecule has 2 amide bonds. The molecule has 4 aliphatic heterocycles. The Bertz CT molecular complexity index is 2570. The number of rotatable bonds is 32. The molecule has 4 saturated heterocycles. The van der Waals surface area contributed by atoms with E-state index in [1.54, 1.807) is 4.31 Å². The van der Waals surface area contributed by atoms with Crippen molar-refractivity contribution in [2.24, 2.45) is 22.7 Å². The predicted molar refractivity (Wildman–Crippen MR) is 376 cm³/mol. The van der Waals surface area contributed by atoms with E-state index in [1.807, 2.05) is 20.8 Å². The van der Waals surface area contributed by atoms with E-state index in [9.17, 15) is 22.6 Å². The summed E-state index contributed by atoms with van der Waals surface area (Å²) < 4.78 is 43.6. The molecule has 0 bridgehead atoms. The summed E-state index contributed by atoms with van der Waals surface area (Å²) in [6, 6.07) is 10.3. The van der Waals surface area contributed by atoms with Crippen LogP contribution in [0, 0.1) is 29.6 Å². The lowest BCUT2D eigenvalue weighted by Crippen LogP contribution is -2.60. The molecule has 1 aromatic heterocycles. The molecular formula is C71H127N10O6PS. The van der Waals surface area contributed by atoms with Gasteiger partial charge in [0.2, 0.25) is 22.3 Å². The second-order valence-corrected chi connectivity index (χ2v) is 30.9. The Morgan fingerprint density at radius 3 is 2.06 bits per heavy atom. The largest absolute Gasteiger partial charge is 0.380 e. The van der Waals surface area contributed by atoms with E-state index < -0.39 is 10.0 Å². The van der Waals surface area contributed by atoms with Gasteiger partial charge in [-0.15, -0.1) is 0 Å². The molecule has 5 aliphatic rings. The van der Waals surface area contributed by atoms with E-state index in [1.165, 1.54) is 76.8 Å². The Labute approximate surface area is 544 Å². The maximum Gasteiger partial charge on any atom is 0.237 e. The van der Waals surface area contributed by atoms with Crippen molar-refractivity contribution in [3.05, 3.63) is 52.8 Å². The summed E-state index contributed by atoms with van der Waals surface area (Å²) in [5.74, 6) is 0.760. The minimum absolute atomic E-state index is 0.0103. The first kappa shape index (κ1) is 77.9. The van der Waals surface area contributed by atoms with E-state index in [-0.39, 0.29) is 43.3 Å². The number of allylic oxidation sites excluding steroid dienone is 2. The quantitative estimate of drug-likeness (QED) is 0.0275. The Balaban J connectivity index is 0.000000386. The number of anilines is 2. The minimum atomic E-state index is -3.31. The number of benzene rings is 1. The number of carbonyl (C=O) groups excluding carboxylic acids is 2. The number of aryl methyl sites for hydroxylation is 1. The summed E-state index contributed by atoms with van der Waals surface area (Å²) in [5.41, 5.74) is 15.9. The highest BCUT2D eigenvalue weighted by molar-refractivity contribution is 7.88. The maximum atomic E-state index is 13.5. The van der Waals surface area contributed by atoms with E-state index >= 15 is 0 Å². The van der Waals surface area contributed by atoms with Crippen molar-refractivity contribution in [2.75, 3.05) is 121 Å². The fourth-order valence-corrected chi connectivity index (χ4v) is 15.3. The number of piperazine rings is 2. The zero-order valence-corrected chi connectivity index (χ0v) is 61.1. The molecule has 1 saturated carbocycles. The van der Waals surface area contributed by atoms with Gasteiger partial charge in [-0.05, 0) is 155 Å². The molecule has 1 aliphatic carbocycles. The molecule has 0 spiro atoms. The number of hydrazine groups is 1. The smallest absolute Gasteiger partial charge is 0.237 e. The molecule has 2 aromatic rings. The monoisotopic (exact) mass is 1280 g/mol. The standard InChI is InChI=1S/C43H66N5O2P.C23H47N5O4S.C3H8.C2H6/c1-9-43(29-50-30-43)28-45-15-17-47(18-16-45)35-11-10-33(6)37(24-35)39(26-42(7,8)14-23-51-49)40(31(2)3)38-25-36(27-44-41(38)32(4)5)48-21-19-46(20-22-48)34-12-13-34;1-7-15-27(33(6,31)32)17-23(5)13-11-16-28(23)21(19(3)4)22(30)26-20(8-2)12-9-10-14-24-25-18-29;1-3-2;1-2/h10-11,24-25,27,31-32,34H,9,12-23,26,28-30H2,1-8H3;18-21,24H,7-17H2,1-6H3,(H,25,29)(H,26,30);3H2,1-2H3;1-2H3/b40-39+;;;. The molecule has 3 N–H and O–H groups in total. The number of likely N-dealkylation sites (tertiary alicyclic amines) is 1. The third kappa shape index (κ3) is 23.5. The second-order valence-electron chi connectivity index (χ2n) is 28.2. The van der Waals surface area contributed by atoms with Crippen molar-refractivity contribution in [1.82, 2.24) is 40.2 Å². The topological polar surface area (TPSA) is 163 Å². The van der Waals surface area contributed by atoms with Gasteiger partial charge in [-0.1, -0.05) is 123 Å². The number of unbranched alkanes of at least 4 members (excludes halogenated alkanes) is 1. The van der Waals surface area contributed by atoms with Crippen molar-refractivity contribution < 1.29 is 27.3 Å². The van der Waals surface area contributed by atoms with E-state index in [4.69, 9.17) is 9.72 Å². The molecule has 508 valence electrons. The van der Waals surface area contributed by atoms with Crippen molar-refractivity contribution >= 4 is 53.3 Å². The first-order chi connectivity index (χ1) is 42.3. The van der Waals surface area contributed by atoms with Crippen LogP contribution >= 0.6 is 8.46 Å². The van der Waals surface area contributed by atoms with Crippen LogP contribution in [0.25, 0.3) is 11.1 Å². The highest BCUT2D eigenvalue weighted by atomic mass is 32.2. The van der Waals surface area contributed by atoms with Crippen molar-refractivity contribution in [1.29, 1.82) is 0 Å². The van der Waals surface area contributed by atoms with Crippen molar-refractivity contribution in [3.8, 4) is 0 Å². The molecule has 7 rings (SSSR count). The normalized spacial score (nSPS) is 20.2. The van der Waals surface area contributed by atoms with E-state index in [0.29, 0.717) is 49.5 Å². The average Bonchev–Trinajstić information content (AvgIpc) is 1.56. The van der Waals surface area contributed by atoms with Gasteiger partial charge in [0.25, 0.3) is 0 Å². The maximum absolute atomic E-state index is 13.5. The number of hydrogen-bond acceptors (Lipinski definition) is 13. The molecule has 89 heavy (non-hydrogen) atoms. The van der Waals surface area contributed by atoms with Crippen LogP contribution in [0.3, 0.4) is 0 Å². The highest BCUT2D eigenvalue weighted by Gasteiger charge is 2.46. The number of carbonyl (C=O) groups is 2. The fraction of sp³-hybridized carbons (Fsp3) is 0.789. The van der Waals surface area contributed by atoms with E-state index in [2.05, 4.69) is 168 Å². The number of amides is 2. The Hall–Kier alpha value is -3.54. The Morgan fingerprint density at radius 2 is 1.53 bits per heavy atom. The lowest BCUT2D eigenvalue weighted by molar-refractivity contribution is -0.131. The molecule has 0 radical (unpaired) electrons. The summed E-state index contributed by atoms with van der Waals surface area (Å²) in [4.78, 5) is 41.8. The van der Waals surface area contributed by atoms with Gasteiger partial charge in [-0.3, -0.25) is 39.3 Å². The van der Waals surface area contributed by atoms with Crippen LogP contribution in [0.4, 0.5) is 11.4 Å². The SMILES string of the molecule is CC.CCC.CCC1(CN2CCN(c3ccc(C)c(/C(CC(C)(C)CCP=O)=C(/c4cc(N5CCN(C6CC6)CC5)cnc4C(C)C)C(C)C)c3)CC2)COC1.CCCN(CC1(C)CCCN1C(C(=O)NC(CC)CCCCNNC=O)C(C)C)S(C)(=O)=O. The highest BCUT2D eigenvalue weighted by Crippen LogP contribution is 2.46. The summed E-state index contributed by atoms with van der Waals surface area (Å²) >= 11 is 0. The van der Waals surface area contributed by atoms with Crippen LogP contribution in [-0.4, -0.2) is 179 Å². The van der Waals surface area contributed by atoms with Crippen molar-refractivity contribution in [2.45, 2.75) is 231 Å². The van der Waals surface area contributed by atoms with Crippen LogP contribution in [0.1, 0.15) is 223 Å². The molecule has 5 fully saturated rings. The number of aromatic nitrogens is 1. The number of nitrogens with one attached hydrogen (secondary N) is 3. The molecule has 3 unspecified atom stereocenters. The van der Waals surface area contributed by atoms with Gasteiger partial charge in [0, 0.05) is 119 Å². The van der Waals surface area contributed by atoms with Gasteiger partial charge in [0.1, 0.15) is 0 Å². The number of nitrogens with zero attached hydrogens (tertiary/aromatic N) is 7. The van der Waals surface area contributed by atoms with Gasteiger partial charge in [-0.2, -0.15) is 0 Å². The third-order valence-corrected chi connectivity index (χ3v) is 20.6. The molecule has 16 nitrogen and oxygen atoms in total. The first-order valence-electron chi connectivity index (χ1n) is 35.0. The Kier molecular flexibility index (Phi) is 33.2. The van der Waals surface area contributed by atoms with Crippen molar-refractivity contribution in [3.63, 3.8) is 0 Å². The molecular weight excluding hydrogens is 1150 g/mol. The van der Waals surface area contributed by atoms with Gasteiger partial charge >= 0.3 is 0 Å². The summed E-state index contributed by atoms with van der Waals surface area (Å²) in [5, 5.41) is 3.27. The lowest BCUT2D eigenvalue weighted by atomic mass is 9.75. The van der Waals surface area contributed by atoms with E-state index in [0.717, 1.165) is 142 Å². The predicted octanol–water partition coefficient (Wildman–Crippen LogP) is 13.3. The molecule has 18 heteroatoms.